The van der Waals surface area contributed by atoms with Gasteiger partial charge in [0.15, 0.2) is 0 Å². The molecule has 124 valence electrons. The molecule has 0 spiro atoms. The van der Waals surface area contributed by atoms with Gasteiger partial charge in [0.2, 0.25) is 5.91 Å². The van der Waals surface area contributed by atoms with Crippen molar-refractivity contribution in [3.8, 4) is 0 Å². The van der Waals surface area contributed by atoms with Gasteiger partial charge in [0, 0.05) is 19.2 Å². The average Bonchev–Trinajstić information content (AvgIpc) is 2.71. The summed E-state index contributed by atoms with van der Waals surface area (Å²) < 4.78 is 28.5. The van der Waals surface area contributed by atoms with E-state index in [4.69, 9.17) is 11.6 Å². The molecule has 1 aromatic heterocycles. The van der Waals surface area contributed by atoms with Crippen molar-refractivity contribution in [2.24, 2.45) is 7.05 Å². The zero-order valence-electron chi connectivity index (χ0n) is 12.6. The monoisotopic (exact) mass is 343 g/mol. The number of aliphatic hydroxyl groups is 1. The Kier molecular flexibility index (Phi) is 5.33. The first-order valence-corrected chi connectivity index (χ1v) is 7.25. The fourth-order valence-corrected chi connectivity index (χ4v) is 2.48. The van der Waals surface area contributed by atoms with Crippen molar-refractivity contribution in [3.05, 3.63) is 51.8 Å². The number of nitrogens with zero attached hydrogens (tertiary/aromatic N) is 2. The second-order valence-electron chi connectivity index (χ2n) is 5.11. The Morgan fingerprint density at radius 2 is 2.04 bits per heavy atom. The van der Waals surface area contributed by atoms with Gasteiger partial charge in [0.25, 0.3) is 0 Å². The van der Waals surface area contributed by atoms with Gasteiger partial charge in [-0.15, -0.1) is 0 Å². The van der Waals surface area contributed by atoms with E-state index in [2.05, 4.69) is 10.4 Å². The molecule has 1 atom stereocenters. The third-order valence-corrected chi connectivity index (χ3v) is 3.91. The summed E-state index contributed by atoms with van der Waals surface area (Å²) in [5.74, 6) is -2.16. The number of aliphatic hydroxyl groups excluding tert-OH is 1. The number of benzene rings is 1. The Balaban J connectivity index is 1.99. The van der Waals surface area contributed by atoms with Crippen LogP contribution in [-0.2, 0) is 18.3 Å². The average molecular weight is 344 g/mol. The molecule has 0 saturated heterocycles. The number of hydrogen-bond donors (Lipinski definition) is 2. The first-order valence-electron chi connectivity index (χ1n) is 6.88. The van der Waals surface area contributed by atoms with E-state index in [9.17, 15) is 18.7 Å². The summed E-state index contributed by atoms with van der Waals surface area (Å²) in [4.78, 5) is 11.9. The summed E-state index contributed by atoms with van der Waals surface area (Å²) in [5, 5.41) is 16.7. The number of aryl methyl sites for hydroxylation is 2. The third kappa shape index (κ3) is 3.86. The maximum Gasteiger partial charge on any atom is 0.224 e. The Morgan fingerprint density at radius 3 is 2.57 bits per heavy atom. The molecule has 2 rings (SSSR count). The highest BCUT2D eigenvalue weighted by Gasteiger charge is 2.20. The molecule has 1 heterocycles. The number of rotatable bonds is 5. The minimum Gasteiger partial charge on any atom is -0.386 e. The lowest BCUT2D eigenvalue weighted by Gasteiger charge is -2.14. The van der Waals surface area contributed by atoms with Gasteiger partial charge in [-0.2, -0.15) is 5.10 Å². The van der Waals surface area contributed by atoms with Crippen molar-refractivity contribution in [2.75, 3.05) is 6.54 Å². The van der Waals surface area contributed by atoms with Gasteiger partial charge in [-0.25, -0.2) is 8.78 Å². The predicted molar refractivity (Wildman–Crippen MR) is 81.0 cm³/mol. The van der Waals surface area contributed by atoms with Crippen LogP contribution >= 0.6 is 11.6 Å². The Labute approximate surface area is 136 Å². The van der Waals surface area contributed by atoms with Crippen molar-refractivity contribution in [2.45, 2.75) is 19.4 Å². The minimum absolute atomic E-state index is 0.0367. The largest absolute Gasteiger partial charge is 0.386 e. The lowest BCUT2D eigenvalue weighted by atomic mass is 10.1. The molecule has 1 amide bonds. The number of nitrogens with one attached hydrogen (secondary N) is 1. The molecule has 23 heavy (non-hydrogen) atoms. The summed E-state index contributed by atoms with van der Waals surface area (Å²) in [6.07, 6.45) is -1.52. The summed E-state index contributed by atoms with van der Waals surface area (Å²) in [5.41, 5.74) is 0.718. The molecule has 0 aliphatic rings. The molecule has 0 radical (unpaired) electrons. The van der Waals surface area contributed by atoms with E-state index in [0.717, 1.165) is 12.1 Å². The predicted octanol–water partition coefficient (Wildman–Crippen LogP) is 2.05. The Bertz CT molecular complexity index is 714. The van der Waals surface area contributed by atoms with E-state index in [1.54, 1.807) is 14.0 Å². The molecule has 0 aliphatic heterocycles. The second-order valence-corrected chi connectivity index (χ2v) is 5.47. The lowest BCUT2D eigenvalue weighted by Crippen LogP contribution is -2.30. The standard InChI is InChI=1S/C15H16ClF2N3O2/c1-8-9(15(16)21(2)20-8)6-13(23)19-7-12(22)14-10(17)4-3-5-11(14)18/h3-5,12,22H,6-7H2,1-2H3,(H,19,23). The summed E-state index contributed by atoms with van der Waals surface area (Å²) in [6.45, 7) is 1.41. The maximum atomic E-state index is 13.5. The summed E-state index contributed by atoms with van der Waals surface area (Å²) >= 11 is 6.03. The molecule has 5 nitrogen and oxygen atoms in total. The Morgan fingerprint density at radius 1 is 1.43 bits per heavy atom. The lowest BCUT2D eigenvalue weighted by molar-refractivity contribution is -0.120. The molecule has 8 heteroatoms. The topological polar surface area (TPSA) is 67.2 Å². The number of aromatic nitrogens is 2. The zero-order chi connectivity index (χ0) is 17.1. The van der Waals surface area contributed by atoms with Gasteiger partial charge in [0.05, 0.1) is 17.7 Å². The van der Waals surface area contributed by atoms with Crippen molar-refractivity contribution < 1.29 is 18.7 Å². The first-order chi connectivity index (χ1) is 10.8. The molecule has 2 N–H and O–H groups in total. The quantitative estimate of drug-likeness (QED) is 0.873. The van der Waals surface area contributed by atoms with E-state index in [1.807, 2.05) is 0 Å². The van der Waals surface area contributed by atoms with Crippen LogP contribution in [0, 0.1) is 18.6 Å². The van der Waals surface area contributed by atoms with Gasteiger partial charge in [-0.1, -0.05) is 17.7 Å². The van der Waals surface area contributed by atoms with E-state index in [0.29, 0.717) is 16.4 Å². The molecular formula is C15H16ClF2N3O2. The fraction of sp³-hybridized carbons (Fsp3) is 0.333. The molecule has 1 aromatic carbocycles. The SMILES string of the molecule is Cc1nn(C)c(Cl)c1CC(=O)NCC(O)c1c(F)cccc1F. The van der Waals surface area contributed by atoms with Crippen LogP contribution in [0.25, 0.3) is 0 Å². The molecular weight excluding hydrogens is 328 g/mol. The van der Waals surface area contributed by atoms with Crippen LogP contribution in [0.4, 0.5) is 8.78 Å². The van der Waals surface area contributed by atoms with Crippen molar-refractivity contribution in [1.82, 2.24) is 15.1 Å². The molecule has 2 aromatic rings. The van der Waals surface area contributed by atoms with Gasteiger partial charge >= 0.3 is 0 Å². The highest BCUT2D eigenvalue weighted by Crippen LogP contribution is 2.21. The molecule has 0 aliphatic carbocycles. The van der Waals surface area contributed by atoms with Crippen LogP contribution in [0.3, 0.4) is 0 Å². The van der Waals surface area contributed by atoms with E-state index in [1.165, 1.54) is 10.7 Å². The number of carbonyl (C=O) groups is 1. The van der Waals surface area contributed by atoms with Crippen molar-refractivity contribution in [1.29, 1.82) is 0 Å². The first kappa shape index (κ1) is 17.4. The van der Waals surface area contributed by atoms with Gasteiger partial charge < -0.3 is 10.4 Å². The second kappa shape index (κ2) is 7.06. The maximum absolute atomic E-state index is 13.5. The highest BCUT2D eigenvalue weighted by molar-refractivity contribution is 6.30. The highest BCUT2D eigenvalue weighted by atomic mass is 35.5. The number of hydrogen-bond acceptors (Lipinski definition) is 3. The normalized spacial score (nSPS) is 12.3. The van der Waals surface area contributed by atoms with Gasteiger partial charge in [-0.3, -0.25) is 9.48 Å². The van der Waals surface area contributed by atoms with Crippen LogP contribution < -0.4 is 5.32 Å². The van der Waals surface area contributed by atoms with Crippen LogP contribution in [0.5, 0.6) is 0 Å². The van der Waals surface area contributed by atoms with Crippen LogP contribution in [-0.4, -0.2) is 27.3 Å². The van der Waals surface area contributed by atoms with Crippen molar-refractivity contribution in [3.63, 3.8) is 0 Å². The van der Waals surface area contributed by atoms with Gasteiger partial charge in [0.1, 0.15) is 22.9 Å². The molecule has 0 bridgehead atoms. The minimum atomic E-state index is -1.48. The van der Waals surface area contributed by atoms with E-state index >= 15 is 0 Å². The summed E-state index contributed by atoms with van der Waals surface area (Å²) in [6, 6.07) is 3.29. The number of halogens is 3. The van der Waals surface area contributed by atoms with E-state index < -0.39 is 29.2 Å². The summed E-state index contributed by atoms with van der Waals surface area (Å²) in [7, 11) is 1.65. The van der Waals surface area contributed by atoms with Crippen LogP contribution in [0.1, 0.15) is 22.9 Å². The molecule has 0 fully saturated rings. The van der Waals surface area contributed by atoms with Crippen LogP contribution in [0.2, 0.25) is 5.15 Å². The third-order valence-electron chi connectivity index (χ3n) is 3.43. The molecule has 0 saturated carbocycles. The van der Waals surface area contributed by atoms with Crippen molar-refractivity contribution >= 4 is 17.5 Å². The number of carbonyl (C=O) groups excluding carboxylic acids is 1. The number of amides is 1. The smallest absolute Gasteiger partial charge is 0.224 e. The fourth-order valence-electron chi connectivity index (χ4n) is 2.24. The van der Waals surface area contributed by atoms with E-state index in [-0.39, 0.29) is 13.0 Å². The van der Waals surface area contributed by atoms with Gasteiger partial charge in [-0.05, 0) is 19.1 Å². The zero-order valence-corrected chi connectivity index (χ0v) is 13.4. The van der Waals surface area contributed by atoms with Crippen LogP contribution in [0.15, 0.2) is 18.2 Å². The Hall–Kier alpha value is -1.99. The molecule has 1 unspecified atom stereocenters.